The SMILES string of the molecule is Cc1cccc(Cl)c1NC(=O)/C(C#N)=C/c1cc(Br)ccc1OCc1cccc2ccccc12. The summed E-state index contributed by atoms with van der Waals surface area (Å²) in [5, 5.41) is 15.1. The molecule has 0 aliphatic heterocycles. The van der Waals surface area contributed by atoms with E-state index in [1.807, 2.05) is 61.5 Å². The number of nitriles is 1. The maximum absolute atomic E-state index is 12.9. The van der Waals surface area contributed by atoms with Crippen molar-refractivity contribution in [2.24, 2.45) is 0 Å². The number of fused-ring (bicyclic) bond motifs is 1. The van der Waals surface area contributed by atoms with E-state index in [-0.39, 0.29) is 5.57 Å². The van der Waals surface area contributed by atoms with Gasteiger partial charge in [0.05, 0.1) is 10.7 Å². The molecule has 4 aromatic carbocycles. The minimum absolute atomic E-state index is 0.0626. The van der Waals surface area contributed by atoms with Gasteiger partial charge in [-0.25, -0.2) is 0 Å². The van der Waals surface area contributed by atoms with Crippen molar-refractivity contribution >= 4 is 56.0 Å². The van der Waals surface area contributed by atoms with E-state index in [0.29, 0.717) is 28.6 Å². The number of amides is 1. The number of rotatable bonds is 6. The average Bonchev–Trinajstić information content (AvgIpc) is 2.84. The van der Waals surface area contributed by atoms with E-state index in [1.54, 1.807) is 12.1 Å². The molecule has 0 aliphatic rings. The number of ether oxygens (including phenoxy) is 1. The van der Waals surface area contributed by atoms with Crippen LogP contribution in [0.5, 0.6) is 5.75 Å². The van der Waals surface area contributed by atoms with Gasteiger partial charge in [-0.1, -0.05) is 82.1 Å². The van der Waals surface area contributed by atoms with Gasteiger partial charge in [0.2, 0.25) is 0 Å². The molecule has 0 heterocycles. The maximum Gasteiger partial charge on any atom is 0.266 e. The molecule has 168 valence electrons. The molecule has 1 amide bonds. The minimum Gasteiger partial charge on any atom is -0.488 e. The summed E-state index contributed by atoms with van der Waals surface area (Å²) in [6, 6.07) is 27.0. The first kappa shape index (κ1) is 23.6. The topological polar surface area (TPSA) is 62.1 Å². The number of anilines is 1. The number of hydrogen-bond acceptors (Lipinski definition) is 3. The first-order valence-electron chi connectivity index (χ1n) is 10.5. The summed E-state index contributed by atoms with van der Waals surface area (Å²) in [5.74, 6) is 0.0179. The summed E-state index contributed by atoms with van der Waals surface area (Å²) < 4.78 is 6.94. The van der Waals surface area contributed by atoms with E-state index in [9.17, 15) is 10.1 Å². The zero-order valence-electron chi connectivity index (χ0n) is 18.3. The molecular formula is C28H20BrClN2O2. The lowest BCUT2D eigenvalue weighted by Crippen LogP contribution is -2.14. The zero-order valence-corrected chi connectivity index (χ0v) is 20.7. The fourth-order valence-corrected chi connectivity index (χ4v) is 4.26. The first-order valence-corrected chi connectivity index (χ1v) is 11.7. The van der Waals surface area contributed by atoms with Gasteiger partial charge >= 0.3 is 0 Å². The Morgan fingerprint density at radius 2 is 1.85 bits per heavy atom. The minimum atomic E-state index is -0.543. The van der Waals surface area contributed by atoms with Crippen LogP contribution in [-0.2, 0) is 11.4 Å². The lowest BCUT2D eigenvalue weighted by molar-refractivity contribution is -0.112. The third-order valence-corrected chi connectivity index (χ3v) is 6.17. The van der Waals surface area contributed by atoms with Gasteiger partial charge in [0.25, 0.3) is 5.91 Å². The molecule has 0 atom stereocenters. The Kier molecular flexibility index (Phi) is 7.32. The number of carbonyl (C=O) groups is 1. The van der Waals surface area contributed by atoms with Crippen LogP contribution in [0.25, 0.3) is 16.8 Å². The molecule has 1 N–H and O–H groups in total. The summed E-state index contributed by atoms with van der Waals surface area (Å²) in [6.07, 6.45) is 1.52. The number of aryl methyl sites for hydroxylation is 1. The predicted molar refractivity (Wildman–Crippen MR) is 141 cm³/mol. The molecule has 0 unspecified atom stereocenters. The second-order valence-corrected chi connectivity index (χ2v) is 8.99. The molecule has 0 saturated heterocycles. The van der Waals surface area contributed by atoms with Crippen molar-refractivity contribution in [1.82, 2.24) is 0 Å². The number of carbonyl (C=O) groups excluding carboxylic acids is 1. The van der Waals surface area contributed by atoms with Crippen molar-refractivity contribution in [3.05, 3.63) is 111 Å². The number of nitrogens with zero attached hydrogens (tertiary/aromatic N) is 1. The fraction of sp³-hybridized carbons (Fsp3) is 0.0714. The molecule has 34 heavy (non-hydrogen) atoms. The molecule has 0 radical (unpaired) electrons. The summed E-state index contributed by atoms with van der Waals surface area (Å²) >= 11 is 9.69. The largest absolute Gasteiger partial charge is 0.488 e. The van der Waals surface area contributed by atoms with Gasteiger partial charge in [-0.2, -0.15) is 5.26 Å². The van der Waals surface area contributed by atoms with E-state index >= 15 is 0 Å². The number of halogens is 2. The molecule has 0 aliphatic carbocycles. The molecule has 0 fully saturated rings. The van der Waals surface area contributed by atoms with Crippen LogP contribution >= 0.6 is 27.5 Å². The molecule has 4 aromatic rings. The van der Waals surface area contributed by atoms with Crippen molar-refractivity contribution in [3.8, 4) is 11.8 Å². The van der Waals surface area contributed by atoms with Crippen LogP contribution in [0.4, 0.5) is 5.69 Å². The molecule has 0 saturated carbocycles. The highest BCUT2D eigenvalue weighted by Crippen LogP contribution is 2.29. The second kappa shape index (κ2) is 10.6. The zero-order chi connectivity index (χ0) is 24.1. The van der Waals surface area contributed by atoms with Crippen LogP contribution in [0.1, 0.15) is 16.7 Å². The number of benzene rings is 4. The lowest BCUT2D eigenvalue weighted by Gasteiger charge is -2.13. The van der Waals surface area contributed by atoms with Crippen LogP contribution in [0.2, 0.25) is 5.02 Å². The summed E-state index contributed by atoms with van der Waals surface area (Å²) in [4.78, 5) is 12.9. The highest BCUT2D eigenvalue weighted by Gasteiger charge is 2.15. The molecule has 0 aromatic heterocycles. The number of nitrogens with one attached hydrogen (secondary N) is 1. The van der Waals surface area contributed by atoms with Gasteiger partial charge in [-0.15, -0.1) is 0 Å². The van der Waals surface area contributed by atoms with E-state index in [4.69, 9.17) is 16.3 Å². The van der Waals surface area contributed by atoms with Gasteiger partial charge in [0, 0.05) is 10.0 Å². The third kappa shape index (κ3) is 5.31. The van der Waals surface area contributed by atoms with E-state index < -0.39 is 5.91 Å². The average molecular weight is 532 g/mol. The Bertz CT molecular complexity index is 1430. The highest BCUT2D eigenvalue weighted by atomic mass is 79.9. The van der Waals surface area contributed by atoms with Gasteiger partial charge in [-0.05, 0) is 59.2 Å². The molecular weight excluding hydrogens is 512 g/mol. The Labute approximate surface area is 211 Å². The molecule has 6 heteroatoms. The second-order valence-electron chi connectivity index (χ2n) is 7.66. The standard InChI is InChI=1S/C28H20BrClN2O2/c1-18-6-4-11-25(30)27(18)32-28(33)22(16-31)14-21-15-23(29)12-13-26(21)34-17-20-9-5-8-19-7-2-3-10-24(19)20/h2-15H,17H2,1H3,(H,32,33)/b22-14+. The lowest BCUT2D eigenvalue weighted by atomic mass is 10.1. The summed E-state index contributed by atoms with van der Waals surface area (Å²) in [7, 11) is 0. The molecule has 0 bridgehead atoms. The summed E-state index contributed by atoms with van der Waals surface area (Å²) in [5.41, 5.74) is 2.88. The number of para-hydroxylation sites is 1. The van der Waals surface area contributed by atoms with E-state index in [1.165, 1.54) is 6.08 Å². The highest BCUT2D eigenvalue weighted by molar-refractivity contribution is 9.10. The van der Waals surface area contributed by atoms with Gasteiger partial charge in [-0.3, -0.25) is 4.79 Å². The molecule has 4 nitrogen and oxygen atoms in total. The van der Waals surface area contributed by atoms with Crippen LogP contribution < -0.4 is 10.1 Å². The van der Waals surface area contributed by atoms with Crippen LogP contribution in [0.15, 0.2) is 88.9 Å². The quantitative estimate of drug-likeness (QED) is 0.205. The Morgan fingerprint density at radius 3 is 2.65 bits per heavy atom. The Morgan fingerprint density at radius 1 is 1.09 bits per heavy atom. The monoisotopic (exact) mass is 530 g/mol. The van der Waals surface area contributed by atoms with Gasteiger partial charge in [0.15, 0.2) is 0 Å². The first-order chi connectivity index (χ1) is 16.5. The van der Waals surface area contributed by atoms with Gasteiger partial charge < -0.3 is 10.1 Å². The van der Waals surface area contributed by atoms with Crippen molar-refractivity contribution in [2.75, 3.05) is 5.32 Å². The van der Waals surface area contributed by atoms with E-state index in [2.05, 4.69) is 39.4 Å². The van der Waals surface area contributed by atoms with Crippen LogP contribution in [0, 0.1) is 18.3 Å². The Balaban J connectivity index is 1.61. The molecule has 0 spiro atoms. The molecule has 4 rings (SSSR count). The smallest absolute Gasteiger partial charge is 0.266 e. The number of hydrogen-bond donors (Lipinski definition) is 1. The summed E-state index contributed by atoms with van der Waals surface area (Å²) in [6.45, 7) is 2.18. The van der Waals surface area contributed by atoms with Crippen molar-refractivity contribution < 1.29 is 9.53 Å². The maximum atomic E-state index is 12.9. The van der Waals surface area contributed by atoms with Gasteiger partial charge in [0.1, 0.15) is 24.0 Å². The van der Waals surface area contributed by atoms with Crippen molar-refractivity contribution in [1.29, 1.82) is 5.26 Å². The van der Waals surface area contributed by atoms with Crippen LogP contribution in [0.3, 0.4) is 0 Å². The predicted octanol–water partition coefficient (Wildman–Crippen LogP) is 7.69. The third-order valence-electron chi connectivity index (χ3n) is 5.36. The fourth-order valence-electron chi connectivity index (χ4n) is 3.61. The van der Waals surface area contributed by atoms with Crippen molar-refractivity contribution in [3.63, 3.8) is 0 Å². The Hall–Kier alpha value is -3.59. The normalized spacial score (nSPS) is 11.2. The van der Waals surface area contributed by atoms with E-state index in [0.717, 1.165) is 26.4 Å². The van der Waals surface area contributed by atoms with Crippen molar-refractivity contribution in [2.45, 2.75) is 13.5 Å². The van der Waals surface area contributed by atoms with Crippen LogP contribution in [-0.4, -0.2) is 5.91 Å².